The van der Waals surface area contributed by atoms with Gasteiger partial charge in [0.1, 0.15) is 0 Å². The number of hydrogen-bond donors (Lipinski definition) is 3. The van der Waals surface area contributed by atoms with E-state index in [1.807, 2.05) is 6.92 Å². The van der Waals surface area contributed by atoms with Gasteiger partial charge in [-0.25, -0.2) is 0 Å². The van der Waals surface area contributed by atoms with Gasteiger partial charge in [-0.1, -0.05) is 12.8 Å². The minimum Gasteiger partial charge on any atom is -0.391 e. The highest BCUT2D eigenvalue weighted by Gasteiger charge is 2.25. The molecular weight excluding hydrogens is 220 g/mol. The summed E-state index contributed by atoms with van der Waals surface area (Å²) in [6.07, 6.45) is 3.38. The summed E-state index contributed by atoms with van der Waals surface area (Å²) in [5.41, 5.74) is 5.51. The maximum absolute atomic E-state index is 11.7. The monoisotopic (exact) mass is 244 g/mol. The van der Waals surface area contributed by atoms with Crippen LogP contribution < -0.4 is 11.1 Å². The smallest absolute Gasteiger partial charge is 0.222 e. The molecule has 5 heteroatoms. The zero-order valence-corrected chi connectivity index (χ0v) is 10.5. The van der Waals surface area contributed by atoms with Gasteiger partial charge < -0.3 is 20.9 Å². The van der Waals surface area contributed by atoms with E-state index in [2.05, 4.69) is 5.32 Å². The summed E-state index contributed by atoms with van der Waals surface area (Å²) in [5.74, 6) is -0.0835. The van der Waals surface area contributed by atoms with Crippen LogP contribution in [-0.2, 0) is 9.53 Å². The number of nitrogens with one attached hydrogen (secondary N) is 1. The average molecular weight is 244 g/mol. The van der Waals surface area contributed by atoms with E-state index in [0.717, 1.165) is 25.7 Å². The highest BCUT2D eigenvalue weighted by atomic mass is 16.5. The number of rotatable bonds is 6. The van der Waals surface area contributed by atoms with Crippen molar-refractivity contribution in [2.45, 2.75) is 57.3 Å². The summed E-state index contributed by atoms with van der Waals surface area (Å²) >= 11 is 0. The van der Waals surface area contributed by atoms with Crippen LogP contribution in [0.2, 0.25) is 0 Å². The first-order valence-corrected chi connectivity index (χ1v) is 6.46. The topological polar surface area (TPSA) is 84.6 Å². The van der Waals surface area contributed by atoms with E-state index in [0.29, 0.717) is 13.2 Å². The van der Waals surface area contributed by atoms with Gasteiger partial charge in [-0.15, -0.1) is 0 Å². The summed E-state index contributed by atoms with van der Waals surface area (Å²) < 4.78 is 5.33. The molecule has 1 fully saturated rings. The second-order valence-corrected chi connectivity index (χ2v) is 4.54. The number of hydrogen-bond acceptors (Lipinski definition) is 4. The number of aliphatic hydroxyl groups excluding tert-OH is 1. The van der Waals surface area contributed by atoms with Crippen LogP contribution in [-0.4, -0.2) is 42.4 Å². The van der Waals surface area contributed by atoms with Crippen molar-refractivity contribution in [3.63, 3.8) is 0 Å². The summed E-state index contributed by atoms with van der Waals surface area (Å²) in [6.45, 7) is 2.78. The Morgan fingerprint density at radius 1 is 1.53 bits per heavy atom. The minimum absolute atomic E-state index is 0.0835. The van der Waals surface area contributed by atoms with Crippen LogP contribution >= 0.6 is 0 Å². The number of aliphatic hydroxyl groups is 1. The molecule has 1 aliphatic carbocycles. The molecule has 0 aromatic heterocycles. The molecule has 0 aromatic carbocycles. The van der Waals surface area contributed by atoms with Crippen LogP contribution in [0.25, 0.3) is 0 Å². The first kappa shape index (κ1) is 14.4. The van der Waals surface area contributed by atoms with Crippen LogP contribution in [0, 0.1) is 0 Å². The van der Waals surface area contributed by atoms with Gasteiger partial charge in [0.2, 0.25) is 5.91 Å². The van der Waals surface area contributed by atoms with Gasteiger partial charge >= 0.3 is 0 Å². The van der Waals surface area contributed by atoms with E-state index in [1.165, 1.54) is 0 Å². The molecule has 4 N–H and O–H groups in total. The van der Waals surface area contributed by atoms with Crippen LogP contribution in [0.1, 0.15) is 39.0 Å². The van der Waals surface area contributed by atoms with Gasteiger partial charge in [0.05, 0.1) is 24.7 Å². The van der Waals surface area contributed by atoms with Gasteiger partial charge in [-0.3, -0.25) is 4.79 Å². The van der Waals surface area contributed by atoms with Gasteiger partial charge in [-0.05, 0) is 19.8 Å². The lowest BCUT2D eigenvalue weighted by Crippen LogP contribution is -2.46. The lowest BCUT2D eigenvalue weighted by molar-refractivity contribution is -0.125. The molecule has 0 heterocycles. The van der Waals surface area contributed by atoms with Gasteiger partial charge in [0, 0.05) is 13.2 Å². The van der Waals surface area contributed by atoms with E-state index in [1.54, 1.807) is 0 Å². The SMILES string of the molecule is CCOC(CN)CC(=O)N[C@H]1CCCC[C@@H]1O. The quantitative estimate of drug-likeness (QED) is 0.621. The van der Waals surface area contributed by atoms with E-state index in [-0.39, 0.29) is 24.5 Å². The number of nitrogens with two attached hydrogens (primary N) is 1. The van der Waals surface area contributed by atoms with Gasteiger partial charge in [-0.2, -0.15) is 0 Å². The molecule has 1 rings (SSSR count). The Kier molecular flexibility index (Phi) is 6.47. The summed E-state index contributed by atoms with van der Waals surface area (Å²) in [6, 6.07) is -0.101. The van der Waals surface area contributed by atoms with Gasteiger partial charge in [0.15, 0.2) is 0 Å². The van der Waals surface area contributed by atoms with Crippen molar-refractivity contribution < 1.29 is 14.6 Å². The predicted octanol–water partition coefficient (Wildman–Crippen LogP) is 0.160. The van der Waals surface area contributed by atoms with Crippen LogP contribution in [0.15, 0.2) is 0 Å². The number of carbonyl (C=O) groups excluding carboxylic acids is 1. The molecule has 0 aliphatic heterocycles. The highest BCUT2D eigenvalue weighted by Crippen LogP contribution is 2.18. The van der Waals surface area contributed by atoms with E-state index in [9.17, 15) is 9.90 Å². The fraction of sp³-hybridized carbons (Fsp3) is 0.917. The number of carbonyl (C=O) groups is 1. The lowest BCUT2D eigenvalue weighted by atomic mass is 9.92. The van der Waals surface area contributed by atoms with Crippen LogP contribution in [0.5, 0.6) is 0 Å². The summed E-state index contributed by atoms with van der Waals surface area (Å²) in [7, 11) is 0. The summed E-state index contributed by atoms with van der Waals surface area (Å²) in [4.78, 5) is 11.7. The average Bonchev–Trinajstić information content (AvgIpc) is 2.31. The Balaban J connectivity index is 2.32. The molecule has 1 unspecified atom stereocenters. The largest absolute Gasteiger partial charge is 0.391 e. The third-order valence-electron chi connectivity index (χ3n) is 3.15. The first-order chi connectivity index (χ1) is 8.17. The molecule has 0 aromatic rings. The van der Waals surface area contributed by atoms with E-state index >= 15 is 0 Å². The minimum atomic E-state index is -0.406. The molecule has 3 atom stereocenters. The first-order valence-electron chi connectivity index (χ1n) is 6.46. The molecule has 0 saturated heterocycles. The van der Waals surface area contributed by atoms with Crippen molar-refractivity contribution in [3.8, 4) is 0 Å². The fourth-order valence-corrected chi connectivity index (χ4v) is 2.20. The standard InChI is InChI=1S/C12H24N2O3/c1-2-17-9(8-13)7-12(16)14-10-5-3-4-6-11(10)15/h9-11,15H,2-8,13H2,1H3,(H,14,16)/t9?,10-,11-/m0/s1. The lowest BCUT2D eigenvalue weighted by Gasteiger charge is -2.28. The molecule has 0 spiro atoms. The Morgan fingerprint density at radius 2 is 2.24 bits per heavy atom. The molecule has 1 saturated carbocycles. The number of amides is 1. The zero-order chi connectivity index (χ0) is 12.7. The van der Waals surface area contributed by atoms with Gasteiger partial charge in [0.25, 0.3) is 0 Å². The molecule has 100 valence electrons. The van der Waals surface area contributed by atoms with Crippen molar-refractivity contribution in [1.82, 2.24) is 5.32 Å². The molecular formula is C12H24N2O3. The second kappa shape index (κ2) is 7.63. The molecule has 1 amide bonds. The third kappa shape index (κ3) is 5.02. The van der Waals surface area contributed by atoms with Crippen molar-refractivity contribution in [3.05, 3.63) is 0 Å². The maximum atomic E-state index is 11.7. The Hall–Kier alpha value is -0.650. The Bertz CT molecular complexity index is 236. The summed E-state index contributed by atoms with van der Waals surface area (Å²) in [5, 5.41) is 12.6. The highest BCUT2D eigenvalue weighted by molar-refractivity contribution is 5.76. The van der Waals surface area contributed by atoms with Crippen molar-refractivity contribution in [2.24, 2.45) is 5.73 Å². The molecule has 1 aliphatic rings. The predicted molar refractivity (Wildman–Crippen MR) is 65.5 cm³/mol. The molecule has 5 nitrogen and oxygen atoms in total. The van der Waals surface area contributed by atoms with Crippen LogP contribution in [0.4, 0.5) is 0 Å². The fourth-order valence-electron chi connectivity index (χ4n) is 2.20. The van der Waals surface area contributed by atoms with Crippen molar-refractivity contribution in [1.29, 1.82) is 0 Å². The van der Waals surface area contributed by atoms with Crippen LogP contribution in [0.3, 0.4) is 0 Å². The molecule has 0 radical (unpaired) electrons. The maximum Gasteiger partial charge on any atom is 0.222 e. The van der Waals surface area contributed by atoms with E-state index < -0.39 is 6.10 Å². The Labute approximate surface area is 103 Å². The number of ether oxygens (including phenoxy) is 1. The zero-order valence-electron chi connectivity index (χ0n) is 10.5. The molecule has 0 bridgehead atoms. The normalized spacial score (nSPS) is 26.5. The van der Waals surface area contributed by atoms with Crippen molar-refractivity contribution >= 4 is 5.91 Å². The Morgan fingerprint density at radius 3 is 2.82 bits per heavy atom. The molecule has 17 heavy (non-hydrogen) atoms. The second-order valence-electron chi connectivity index (χ2n) is 4.54. The van der Waals surface area contributed by atoms with E-state index in [4.69, 9.17) is 10.5 Å². The third-order valence-corrected chi connectivity index (χ3v) is 3.15. The van der Waals surface area contributed by atoms with Crippen molar-refractivity contribution in [2.75, 3.05) is 13.2 Å².